The summed E-state index contributed by atoms with van der Waals surface area (Å²) in [4.78, 5) is 41.0. The number of nitrogens with one attached hydrogen (secondary N) is 3. The smallest absolute Gasteiger partial charge is 0.319 e. The third kappa shape index (κ3) is 4.57. The van der Waals surface area contributed by atoms with Crippen LogP contribution >= 0.6 is 23.5 Å². The Labute approximate surface area is 178 Å². The number of ether oxygens (including phenoxy) is 1. The lowest BCUT2D eigenvalue weighted by atomic mass is 9.87. The van der Waals surface area contributed by atoms with E-state index in [1.807, 2.05) is 0 Å². The Hall–Kier alpha value is -1.71. The van der Waals surface area contributed by atoms with Gasteiger partial charge in [0.1, 0.15) is 0 Å². The molecular formula is C20H25N3O4S2. The standard InChI is InChI=1S/C20H25N3O4S2/c1-11(20(26)27-9-14(24)13-6-4-8-21-13)28-10-16-22-18(25)17-12-5-2-3-7-15(12)29-19(17)23-16/h4,6,8,11,16-17,19,21,23H,2-3,5,7,9-10H2,1H3,(H,22,25). The van der Waals surface area contributed by atoms with E-state index in [4.69, 9.17) is 4.74 Å². The molecule has 1 aliphatic carbocycles. The molecule has 1 aromatic heterocycles. The Morgan fingerprint density at radius 2 is 2.17 bits per heavy atom. The van der Waals surface area contributed by atoms with Crippen molar-refractivity contribution in [2.45, 2.75) is 49.4 Å². The molecular weight excluding hydrogens is 410 g/mol. The molecule has 1 aromatic rings. The number of aromatic amines is 1. The van der Waals surface area contributed by atoms with E-state index < -0.39 is 11.2 Å². The minimum atomic E-state index is -0.428. The molecule has 4 atom stereocenters. The molecule has 1 amide bonds. The van der Waals surface area contributed by atoms with Crippen molar-refractivity contribution in [3.8, 4) is 0 Å². The van der Waals surface area contributed by atoms with Crippen molar-refractivity contribution in [1.82, 2.24) is 15.6 Å². The molecule has 1 saturated heterocycles. The molecule has 3 heterocycles. The van der Waals surface area contributed by atoms with Crippen LogP contribution in [0.5, 0.6) is 0 Å². The SMILES string of the molecule is CC(SCC1NC(=O)C2C3=C(CCCC3)SC2N1)C(=O)OCC(=O)c1ccc[nH]1. The number of esters is 1. The predicted octanol–water partition coefficient (Wildman–Crippen LogP) is 2.42. The summed E-state index contributed by atoms with van der Waals surface area (Å²) < 4.78 is 5.14. The van der Waals surface area contributed by atoms with Gasteiger partial charge >= 0.3 is 5.97 Å². The fraction of sp³-hybridized carbons (Fsp3) is 0.550. The number of thioether (sulfide) groups is 2. The number of aromatic nitrogens is 1. The van der Waals surface area contributed by atoms with Gasteiger partial charge in [-0.05, 0) is 55.2 Å². The minimum Gasteiger partial charge on any atom is -0.456 e. The quantitative estimate of drug-likeness (QED) is 0.447. The molecule has 0 aromatic carbocycles. The highest BCUT2D eigenvalue weighted by Gasteiger charge is 2.45. The average Bonchev–Trinajstić information content (AvgIpc) is 3.37. The van der Waals surface area contributed by atoms with Gasteiger partial charge in [0.25, 0.3) is 0 Å². The van der Waals surface area contributed by atoms with Crippen LogP contribution in [0.15, 0.2) is 28.8 Å². The average molecular weight is 436 g/mol. The number of amides is 1. The molecule has 1 fully saturated rings. The van der Waals surface area contributed by atoms with E-state index in [-0.39, 0.29) is 35.8 Å². The highest BCUT2D eigenvalue weighted by Crippen LogP contribution is 2.48. The fourth-order valence-corrected chi connectivity index (χ4v) is 6.40. The second-order valence-electron chi connectivity index (χ2n) is 7.49. The molecule has 0 saturated carbocycles. The summed E-state index contributed by atoms with van der Waals surface area (Å²) in [7, 11) is 0. The van der Waals surface area contributed by atoms with Crippen LogP contribution in [0.25, 0.3) is 0 Å². The van der Waals surface area contributed by atoms with Crippen molar-refractivity contribution in [2.75, 3.05) is 12.4 Å². The first-order chi connectivity index (χ1) is 14.0. The lowest BCUT2D eigenvalue weighted by Crippen LogP contribution is -2.60. The summed E-state index contributed by atoms with van der Waals surface area (Å²) in [6.45, 7) is 1.48. The Bertz CT molecular complexity index is 824. The van der Waals surface area contributed by atoms with E-state index >= 15 is 0 Å². The third-order valence-corrected chi connectivity index (χ3v) is 8.09. The van der Waals surface area contributed by atoms with Gasteiger partial charge in [-0.2, -0.15) is 0 Å². The van der Waals surface area contributed by atoms with E-state index in [0.717, 1.165) is 12.8 Å². The van der Waals surface area contributed by atoms with E-state index in [1.165, 1.54) is 35.1 Å². The topological polar surface area (TPSA) is 100 Å². The first-order valence-corrected chi connectivity index (χ1v) is 11.9. The van der Waals surface area contributed by atoms with Gasteiger partial charge in [-0.3, -0.25) is 19.7 Å². The monoisotopic (exact) mass is 435 g/mol. The van der Waals surface area contributed by atoms with Gasteiger partial charge in [-0.15, -0.1) is 23.5 Å². The number of carbonyl (C=O) groups is 3. The number of H-pyrrole nitrogens is 1. The van der Waals surface area contributed by atoms with E-state index in [9.17, 15) is 14.4 Å². The van der Waals surface area contributed by atoms with Crippen LogP contribution in [0.4, 0.5) is 0 Å². The first kappa shape index (κ1) is 20.6. The zero-order chi connectivity index (χ0) is 20.4. The zero-order valence-electron chi connectivity index (χ0n) is 16.2. The Morgan fingerprint density at radius 3 is 2.97 bits per heavy atom. The van der Waals surface area contributed by atoms with Crippen LogP contribution < -0.4 is 10.6 Å². The molecule has 4 rings (SSSR count). The Morgan fingerprint density at radius 1 is 1.34 bits per heavy atom. The summed E-state index contributed by atoms with van der Waals surface area (Å²) in [5.41, 5.74) is 1.75. The van der Waals surface area contributed by atoms with E-state index in [1.54, 1.807) is 37.0 Å². The Balaban J connectivity index is 1.23. The van der Waals surface area contributed by atoms with Crippen LogP contribution in [0.3, 0.4) is 0 Å². The van der Waals surface area contributed by atoms with E-state index in [0.29, 0.717) is 11.4 Å². The van der Waals surface area contributed by atoms with Crippen LogP contribution in [0.2, 0.25) is 0 Å². The number of ketones is 1. The maximum atomic E-state index is 12.7. The fourth-order valence-electron chi connectivity index (χ4n) is 3.93. The van der Waals surface area contributed by atoms with Gasteiger partial charge < -0.3 is 15.0 Å². The van der Waals surface area contributed by atoms with Gasteiger partial charge in [0, 0.05) is 11.9 Å². The predicted molar refractivity (Wildman–Crippen MR) is 113 cm³/mol. The highest BCUT2D eigenvalue weighted by molar-refractivity contribution is 8.04. The maximum Gasteiger partial charge on any atom is 0.319 e. The first-order valence-electron chi connectivity index (χ1n) is 9.93. The lowest BCUT2D eigenvalue weighted by molar-refractivity contribution is -0.141. The third-order valence-electron chi connectivity index (χ3n) is 5.46. The molecule has 3 N–H and O–H groups in total. The molecule has 9 heteroatoms. The van der Waals surface area contributed by atoms with Crippen molar-refractivity contribution in [2.24, 2.45) is 5.92 Å². The molecule has 2 aliphatic heterocycles. The number of carbonyl (C=O) groups excluding carboxylic acids is 3. The number of allylic oxidation sites excluding steroid dienone is 1. The molecule has 0 radical (unpaired) electrons. The van der Waals surface area contributed by atoms with Crippen molar-refractivity contribution in [3.63, 3.8) is 0 Å². The number of Topliss-reactive ketones (excluding diaryl/α,β-unsaturated/α-hetero) is 1. The number of hydrogen-bond acceptors (Lipinski definition) is 7. The highest BCUT2D eigenvalue weighted by atomic mass is 32.2. The van der Waals surface area contributed by atoms with Gasteiger partial charge in [-0.1, -0.05) is 0 Å². The summed E-state index contributed by atoms with van der Waals surface area (Å²) in [5.74, 6) is -0.102. The van der Waals surface area contributed by atoms with Crippen LogP contribution in [-0.2, 0) is 14.3 Å². The molecule has 29 heavy (non-hydrogen) atoms. The molecule has 0 bridgehead atoms. The summed E-state index contributed by atoms with van der Waals surface area (Å²) in [6.07, 6.45) is 5.96. The molecule has 3 aliphatic rings. The molecule has 7 nitrogen and oxygen atoms in total. The van der Waals surface area contributed by atoms with Gasteiger partial charge in [0.15, 0.2) is 6.61 Å². The molecule has 0 spiro atoms. The number of fused-ring (bicyclic) bond motifs is 2. The summed E-state index contributed by atoms with van der Waals surface area (Å²) >= 11 is 3.21. The number of hydrogen-bond donors (Lipinski definition) is 3. The second kappa shape index (κ2) is 8.97. The van der Waals surface area contributed by atoms with Crippen LogP contribution in [0, 0.1) is 5.92 Å². The zero-order valence-corrected chi connectivity index (χ0v) is 17.9. The summed E-state index contributed by atoms with van der Waals surface area (Å²) in [6, 6.07) is 3.37. The van der Waals surface area contributed by atoms with Crippen molar-refractivity contribution >= 4 is 41.2 Å². The second-order valence-corrected chi connectivity index (χ2v) is 10.1. The van der Waals surface area contributed by atoms with E-state index in [2.05, 4.69) is 15.6 Å². The van der Waals surface area contributed by atoms with Crippen LogP contribution in [0.1, 0.15) is 43.1 Å². The minimum absolute atomic E-state index is 0.0575. The largest absolute Gasteiger partial charge is 0.456 e. The Kier molecular flexibility index (Phi) is 6.36. The lowest BCUT2D eigenvalue weighted by Gasteiger charge is -2.34. The van der Waals surface area contributed by atoms with Crippen molar-refractivity contribution in [1.29, 1.82) is 0 Å². The van der Waals surface area contributed by atoms with Gasteiger partial charge in [0.2, 0.25) is 11.7 Å². The number of rotatable bonds is 7. The van der Waals surface area contributed by atoms with Gasteiger partial charge in [-0.25, -0.2) is 0 Å². The van der Waals surface area contributed by atoms with Crippen molar-refractivity contribution < 1.29 is 19.1 Å². The molecule has 4 unspecified atom stereocenters. The maximum absolute atomic E-state index is 12.7. The summed E-state index contributed by atoms with van der Waals surface area (Å²) in [5, 5.41) is 6.25. The van der Waals surface area contributed by atoms with Crippen molar-refractivity contribution in [3.05, 3.63) is 34.5 Å². The normalized spacial score (nSPS) is 27.1. The molecule has 156 valence electrons. The van der Waals surface area contributed by atoms with Crippen LogP contribution in [-0.4, -0.2) is 51.8 Å². The van der Waals surface area contributed by atoms with Gasteiger partial charge in [0.05, 0.1) is 28.4 Å².